The van der Waals surface area contributed by atoms with Crippen molar-refractivity contribution >= 4 is 11.6 Å². The van der Waals surface area contributed by atoms with Crippen molar-refractivity contribution < 1.29 is 0 Å². The molecule has 0 aromatic heterocycles. The molecular formula is C19H22ClN. The lowest BCUT2D eigenvalue weighted by Crippen LogP contribution is -2.33. The minimum atomic E-state index is 0.441. The van der Waals surface area contributed by atoms with Crippen LogP contribution >= 0.6 is 11.6 Å². The Morgan fingerprint density at radius 1 is 1.10 bits per heavy atom. The van der Waals surface area contributed by atoms with Crippen molar-refractivity contribution in [2.45, 2.75) is 32.2 Å². The van der Waals surface area contributed by atoms with Crippen molar-refractivity contribution in [2.24, 2.45) is 5.92 Å². The number of fused-ring (bicyclic) bond motifs is 1. The molecule has 0 aliphatic heterocycles. The number of aryl methyl sites for hydroxylation is 1. The number of nitrogens with one attached hydrogen (secondary N) is 1. The fourth-order valence-corrected chi connectivity index (χ4v) is 3.70. The summed E-state index contributed by atoms with van der Waals surface area (Å²) in [4.78, 5) is 0. The summed E-state index contributed by atoms with van der Waals surface area (Å²) in [6.07, 6.45) is 3.44. The summed E-state index contributed by atoms with van der Waals surface area (Å²) >= 11 is 6.35. The van der Waals surface area contributed by atoms with Crippen molar-refractivity contribution in [3.63, 3.8) is 0 Å². The van der Waals surface area contributed by atoms with Gasteiger partial charge in [0.25, 0.3) is 0 Å². The van der Waals surface area contributed by atoms with E-state index in [1.165, 1.54) is 29.5 Å². The average molecular weight is 300 g/mol. The molecule has 0 spiro atoms. The summed E-state index contributed by atoms with van der Waals surface area (Å²) < 4.78 is 0. The van der Waals surface area contributed by atoms with Crippen LogP contribution in [0.1, 0.15) is 36.1 Å². The summed E-state index contributed by atoms with van der Waals surface area (Å²) in [5.41, 5.74) is 4.24. The van der Waals surface area contributed by atoms with Crippen LogP contribution in [0.4, 0.5) is 0 Å². The summed E-state index contributed by atoms with van der Waals surface area (Å²) in [6, 6.07) is 17.5. The van der Waals surface area contributed by atoms with Crippen molar-refractivity contribution in [3.05, 3.63) is 70.2 Å². The summed E-state index contributed by atoms with van der Waals surface area (Å²) in [5, 5.41) is 4.58. The Hall–Kier alpha value is -1.31. The first-order valence-corrected chi connectivity index (χ1v) is 8.22. The van der Waals surface area contributed by atoms with Crippen LogP contribution < -0.4 is 5.32 Å². The third kappa shape index (κ3) is 3.14. The average Bonchev–Trinajstić information content (AvgIpc) is 2.52. The van der Waals surface area contributed by atoms with E-state index in [-0.39, 0.29) is 0 Å². The van der Waals surface area contributed by atoms with Gasteiger partial charge in [-0.05, 0) is 54.5 Å². The second-order valence-electron chi connectivity index (χ2n) is 5.83. The minimum Gasteiger partial charge on any atom is -0.310 e. The molecule has 1 nitrogen and oxygen atoms in total. The number of rotatable bonds is 4. The predicted molar refractivity (Wildman–Crippen MR) is 89.8 cm³/mol. The van der Waals surface area contributed by atoms with E-state index in [0.29, 0.717) is 12.0 Å². The van der Waals surface area contributed by atoms with Gasteiger partial charge in [0.15, 0.2) is 0 Å². The second-order valence-corrected chi connectivity index (χ2v) is 6.24. The van der Waals surface area contributed by atoms with E-state index < -0.39 is 0 Å². The molecule has 1 aliphatic rings. The minimum absolute atomic E-state index is 0.441. The van der Waals surface area contributed by atoms with E-state index in [1.807, 2.05) is 12.1 Å². The van der Waals surface area contributed by atoms with Gasteiger partial charge in [0.05, 0.1) is 0 Å². The van der Waals surface area contributed by atoms with Gasteiger partial charge in [0, 0.05) is 11.1 Å². The second kappa shape index (κ2) is 6.64. The lowest BCUT2D eigenvalue weighted by atomic mass is 9.77. The van der Waals surface area contributed by atoms with Gasteiger partial charge >= 0.3 is 0 Å². The van der Waals surface area contributed by atoms with E-state index in [9.17, 15) is 0 Å². The standard InChI is InChI=1S/C19H22ClN/c1-2-21-19-16(13-15-8-4-6-10-18(15)20)12-11-14-7-3-5-9-17(14)19/h3-10,16,19,21H,2,11-13H2,1H3. The molecule has 2 unspecified atom stereocenters. The molecule has 110 valence electrons. The van der Waals surface area contributed by atoms with Crippen LogP contribution in [0.15, 0.2) is 48.5 Å². The number of hydrogen-bond acceptors (Lipinski definition) is 1. The summed E-state index contributed by atoms with van der Waals surface area (Å²) in [5.74, 6) is 0.611. The van der Waals surface area contributed by atoms with Gasteiger partial charge in [-0.1, -0.05) is 61.0 Å². The van der Waals surface area contributed by atoms with Gasteiger partial charge in [-0.2, -0.15) is 0 Å². The molecule has 0 radical (unpaired) electrons. The third-order valence-electron chi connectivity index (χ3n) is 4.51. The number of hydrogen-bond donors (Lipinski definition) is 1. The molecule has 0 amide bonds. The third-order valence-corrected chi connectivity index (χ3v) is 4.88. The van der Waals surface area contributed by atoms with E-state index >= 15 is 0 Å². The van der Waals surface area contributed by atoms with Crippen molar-refractivity contribution in [2.75, 3.05) is 6.54 Å². The van der Waals surface area contributed by atoms with Crippen molar-refractivity contribution in [1.29, 1.82) is 0 Å². The molecule has 0 saturated carbocycles. The topological polar surface area (TPSA) is 12.0 Å². The largest absolute Gasteiger partial charge is 0.310 e. The van der Waals surface area contributed by atoms with E-state index in [0.717, 1.165) is 18.0 Å². The van der Waals surface area contributed by atoms with Gasteiger partial charge < -0.3 is 5.32 Å². The molecular weight excluding hydrogens is 278 g/mol. The molecule has 0 saturated heterocycles. The van der Waals surface area contributed by atoms with E-state index in [4.69, 9.17) is 11.6 Å². The van der Waals surface area contributed by atoms with Crippen molar-refractivity contribution in [3.8, 4) is 0 Å². The SMILES string of the molecule is CCNC1c2ccccc2CCC1Cc1ccccc1Cl. The quantitative estimate of drug-likeness (QED) is 0.855. The van der Waals surface area contributed by atoms with Gasteiger partial charge in [-0.3, -0.25) is 0 Å². The molecule has 0 fully saturated rings. The predicted octanol–water partition coefficient (Wildman–Crippen LogP) is 4.80. The monoisotopic (exact) mass is 299 g/mol. The molecule has 1 N–H and O–H groups in total. The summed E-state index contributed by atoms with van der Waals surface area (Å²) in [6.45, 7) is 3.18. The van der Waals surface area contributed by atoms with Crippen molar-refractivity contribution in [1.82, 2.24) is 5.32 Å². The lowest BCUT2D eigenvalue weighted by molar-refractivity contribution is 0.323. The molecule has 3 rings (SSSR count). The highest BCUT2D eigenvalue weighted by Crippen LogP contribution is 2.37. The van der Waals surface area contributed by atoms with E-state index in [2.05, 4.69) is 48.6 Å². The Morgan fingerprint density at radius 2 is 1.86 bits per heavy atom. The Kier molecular flexibility index (Phi) is 4.62. The highest BCUT2D eigenvalue weighted by Gasteiger charge is 2.29. The van der Waals surface area contributed by atoms with Gasteiger partial charge in [0.1, 0.15) is 0 Å². The van der Waals surface area contributed by atoms with Crippen LogP contribution in [0.3, 0.4) is 0 Å². The maximum absolute atomic E-state index is 6.35. The zero-order chi connectivity index (χ0) is 14.7. The van der Waals surface area contributed by atoms with Crippen LogP contribution in [-0.4, -0.2) is 6.54 Å². The summed E-state index contributed by atoms with van der Waals surface area (Å²) in [7, 11) is 0. The van der Waals surface area contributed by atoms with Crippen LogP contribution in [-0.2, 0) is 12.8 Å². The first-order valence-electron chi connectivity index (χ1n) is 7.84. The Balaban J connectivity index is 1.87. The normalized spacial score (nSPS) is 21.0. The molecule has 0 bridgehead atoms. The zero-order valence-corrected chi connectivity index (χ0v) is 13.2. The molecule has 2 aromatic rings. The first kappa shape index (κ1) is 14.6. The fraction of sp³-hybridized carbons (Fsp3) is 0.368. The fourth-order valence-electron chi connectivity index (χ4n) is 3.49. The van der Waals surface area contributed by atoms with Gasteiger partial charge in [-0.15, -0.1) is 0 Å². The van der Waals surface area contributed by atoms with Crippen LogP contribution in [0.2, 0.25) is 5.02 Å². The molecule has 0 heterocycles. The highest BCUT2D eigenvalue weighted by atomic mass is 35.5. The van der Waals surface area contributed by atoms with Gasteiger partial charge in [-0.25, -0.2) is 0 Å². The smallest absolute Gasteiger partial charge is 0.0438 e. The number of benzene rings is 2. The van der Waals surface area contributed by atoms with Crippen LogP contribution in [0, 0.1) is 5.92 Å². The van der Waals surface area contributed by atoms with Crippen LogP contribution in [0.5, 0.6) is 0 Å². The van der Waals surface area contributed by atoms with Crippen LogP contribution in [0.25, 0.3) is 0 Å². The first-order chi connectivity index (χ1) is 10.3. The van der Waals surface area contributed by atoms with E-state index in [1.54, 1.807) is 0 Å². The Bertz CT molecular complexity index is 608. The molecule has 2 atom stereocenters. The maximum Gasteiger partial charge on any atom is 0.0438 e. The molecule has 2 heteroatoms. The highest BCUT2D eigenvalue weighted by molar-refractivity contribution is 6.31. The maximum atomic E-state index is 6.35. The Labute approximate surface area is 132 Å². The van der Waals surface area contributed by atoms with Gasteiger partial charge in [0.2, 0.25) is 0 Å². The lowest BCUT2D eigenvalue weighted by Gasteiger charge is -2.34. The molecule has 21 heavy (non-hydrogen) atoms. The molecule has 1 aliphatic carbocycles. The Morgan fingerprint density at radius 3 is 2.67 bits per heavy atom. The number of halogens is 1. The molecule has 2 aromatic carbocycles. The zero-order valence-electron chi connectivity index (χ0n) is 12.5.